The van der Waals surface area contributed by atoms with E-state index in [4.69, 9.17) is 0 Å². The summed E-state index contributed by atoms with van der Waals surface area (Å²) in [6.07, 6.45) is 0.670. The highest BCUT2D eigenvalue weighted by Crippen LogP contribution is 2.28. The molecule has 1 aromatic rings. The third kappa shape index (κ3) is 3.03. The molecule has 4 nitrogen and oxygen atoms in total. The molecular weight excluding hydrogens is 316 g/mol. The van der Waals surface area contributed by atoms with Crippen molar-refractivity contribution in [3.8, 4) is 6.07 Å². The second-order valence-corrected chi connectivity index (χ2v) is 7.70. The Morgan fingerprint density at radius 2 is 1.78 bits per heavy atom. The number of halogens is 1. The molecule has 1 heterocycles. The van der Waals surface area contributed by atoms with Crippen LogP contribution in [-0.2, 0) is 9.84 Å². The van der Waals surface area contributed by atoms with Crippen LogP contribution in [-0.4, -0.2) is 25.5 Å². The van der Waals surface area contributed by atoms with Crippen LogP contribution in [0.2, 0.25) is 0 Å². The molecule has 1 saturated heterocycles. The van der Waals surface area contributed by atoms with E-state index >= 15 is 0 Å². The quantitative estimate of drug-likeness (QED) is 0.904. The fourth-order valence-electron chi connectivity index (χ4n) is 1.96. The average Bonchev–Trinajstić information content (AvgIpc) is 2.35. The first-order chi connectivity index (χ1) is 8.45. The highest BCUT2D eigenvalue weighted by atomic mass is 79.9. The topological polar surface area (TPSA) is 70.0 Å². The zero-order valence-electron chi connectivity index (χ0n) is 9.69. The van der Waals surface area contributed by atoms with Crippen molar-refractivity contribution in [1.82, 2.24) is 0 Å². The van der Waals surface area contributed by atoms with Gasteiger partial charge in [-0.25, -0.2) is 8.42 Å². The molecule has 1 fully saturated rings. The summed E-state index contributed by atoms with van der Waals surface area (Å²) in [5, 5.41) is 12.5. The summed E-state index contributed by atoms with van der Waals surface area (Å²) < 4.78 is 23.8. The summed E-state index contributed by atoms with van der Waals surface area (Å²) >= 11 is 3.34. The molecular formula is C12H13BrN2O2S. The van der Waals surface area contributed by atoms with Gasteiger partial charge in [0, 0.05) is 10.2 Å². The summed E-state index contributed by atoms with van der Waals surface area (Å²) in [4.78, 5) is 0. The molecule has 1 aromatic carbocycles. The lowest BCUT2D eigenvalue weighted by atomic mass is 9.93. The fraction of sp³-hybridized carbons (Fsp3) is 0.417. The van der Waals surface area contributed by atoms with E-state index < -0.39 is 15.4 Å². The fourth-order valence-corrected chi connectivity index (χ4v) is 3.75. The van der Waals surface area contributed by atoms with Gasteiger partial charge in [0.15, 0.2) is 9.84 Å². The summed E-state index contributed by atoms with van der Waals surface area (Å²) in [7, 11) is -2.96. The first kappa shape index (κ1) is 13.4. The van der Waals surface area contributed by atoms with E-state index in [9.17, 15) is 13.7 Å². The molecule has 18 heavy (non-hydrogen) atoms. The number of hydrogen-bond donors (Lipinski definition) is 1. The molecule has 0 aromatic heterocycles. The predicted octanol–water partition coefficient (Wildman–Crippen LogP) is 2.33. The van der Waals surface area contributed by atoms with E-state index in [1.807, 2.05) is 24.3 Å². The van der Waals surface area contributed by atoms with Gasteiger partial charge in [-0.2, -0.15) is 5.26 Å². The Morgan fingerprint density at radius 3 is 2.28 bits per heavy atom. The van der Waals surface area contributed by atoms with E-state index in [1.54, 1.807) is 0 Å². The van der Waals surface area contributed by atoms with Gasteiger partial charge in [0.1, 0.15) is 5.54 Å². The molecule has 96 valence electrons. The standard InChI is InChI=1S/C12H13BrN2O2S/c13-10-1-3-11(4-2-10)15-12(9-14)5-7-18(16,17)8-6-12/h1-4,15H,5-8H2. The number of rotatable bonds is 2. The summed E-state index contributed by atoms with van der Waals surface area (Å²) in [5.74, 6) is 0.147. The summed E-state index contributed by atoms with van der Waals surface area (Å²) in [6, 6.07) is 9.73. The molecule has 0 amide bonds. The van der Waals surface area contributed by atoms with Crippen molar-refractivity contribution in [3.63, 3.8) is 0 Å². The average molecular weight is 329 g/mol. The maximum Gasteiger partial charge on any atom is 0.150 e. The molecule has 0 bridgehead atoms. The Labute approximate surface area is 115 Å². The van der Waals surface area contributed by atoms with Gasteiger partial charge in [0.2, 0.25) is 0 Å². The van der Waals surface area contributed by atoms with Gasteiger partial charge in [0.05, 0.1) is 17.6 Å². The van der Waals surface area contributed by atoms with Crippen molar-refractivity contribution < 1.29 is 8.42 Å². The minimum absolute atomic E-state index is 0.0735. The normalized spacial score (nSPS) is 20.9. The van der Waals surface area contributed by atoms with E-state index in [0.717, 1.165) is 10.2 Å². The van der Waals surface area contributed by atoms with Crippen LogP contribution in [0, 0.1) is 11.3 Å². The Balaban J connectivity index is 2.15. The Kier molecular flexibility index (Phi) is 3.64. The molecule has 0 aliphatic carbocycles. The van der Waals surface area contributed by atoms with E-state index in [1.165, 1.54) is 0 Å². The van der Waals surface area contributed by atoms with Crippen molar-refractivity contribution in [2.45, 2.75) is 18.4 Å². The zero-order valence-corrected chi connectivity index (χ0v) is 12.1. The lowest BCUT2D eigenvalue weighted by molar-refractivity contribution is 0.505. The van der Waals surface area contributed by atoms with Gasteiger partial charge in [-0.05, 0) is 37.1 Å². The molecule has 0 atom stereocenters. The van der Waals surface area contributed by atoms with Crippen molar-refractivity contribution >= 4 is 31.5 Å². The lowest BCUT2D eigenvalue weighted by Crippen LogP contribution is -2.44. The Hall–Kier alpha value is -1.06. The SMILES string of the molecule is N#CC1(Nc2ccc(Br)cc2)CCS(=O)(=O)CC1. The minimum Gasteiger partial charge on any atom is -0.367 e. The number of sulfone groups is 1. The second kappa shape index (κ2) is 4.90. The van der Waals surface area contributed by atoms with Crippen LogP contribution in [0.4, 0.5) is 5.69 Å². The number of nitrogens with zero attached hydrogens (tertiary/aromatic N) is 1. The molecule has 0 spiro atoms. The molecule has 1 N–H and O–H groups in total. The van der Waals surface area contributed by atoms with Crippen LogP contribution >= 0.6 is 15.9 Å². The largest absolute Gasteiger partial charge is 0.367 e. The molecule has 0 radical (unpaired) electrons. The monoisotopic (exact) mass is 328 g/mol. The molecule has 0 unspecified atom stereocenters. The first-order valence-corrected chi connectivity index (χ1v) is 8.22. The van der Waals surface area contributed by atoms with Crippen molar-refractivity contribution in [3.05, 3.63) is 28.7 Å². The van der Waals surface area contributed by atoms with E-state index in [2.05, 4.69) is 27.3 Å². The van der Waals surface area contributed by atoms with Gasteiger partial charge in [0.25, 0.3) is 0 Å². The van der Waals surface area contributed by atoms with E-state index in [-0.39, 0.29) is 11.5 Å². The second-order valence-electron chi connectivity index (χ2n) is 4.48. The smallest absolute Gasteiger partial charge is 0.150 e. The number of nitriles is 1. The van der Waals surface area contributed by atoms with Gasteiger partial charge >= 0.3 is 0 Å². The molecule has 1 aliphatic heterocycles. The minimum atomic E-state index is -2.96. The van der Waals surface area contributed by atoms with Gasteiger partial charge < -0.3 is 5.32 Å². The highest BCUT2D eigenvalue weighted by Gasteiger charge is 2.37. The van der Waals surface area contributed by atoms with Crippen LogP contribution < -0.4 is 5.32 Å². The maximum absolute atomic E-state index is 11.4. The maximum atomic E-state index is 11.4. The van der Waals surface area contributed by atoms with Crippen LogP contribution in [0.1, 0.15) is 12.8 Å². The van der Waals surface area contributed by atoms with Crippen LogP contribution in [0.3, 0.4) is 0 Å². The van der Waals surface area contributed by atoms with Crippen LogP contribution in [0.5, 0.6) is 0 Å². The van der Waals surface area contributed by atoms with Crippen molar-refractivity contribution in [1.29, 1.82) is 5.26 Å². The molecule has 6 heteroatoms. The van der Waals surface area contributed by atoms with Crippen molar-refractivity contribution in [2.24, 2.45) is 0 Å². The molecule has 2 rings (SSSR count). The van der Waals surface area contributed by atoms with Crippen molar-refractivity contribution in [2.75, 3.05) is 16.8 Å². The summed E-state index contributed by atoms with van der Waals surface area (Å²) in [6.45, 7) is 0. The number of benzene rings is 1. The first-order valence-electron chi connectivity index (χ1n) is 5.60. The third-order valence-electron chi connectivity index (χ3n) is 3.12. The highest BCUT2D eigenvalue weighted by molar-refractivity contribution is 9.10. The van der Waals surface area contributed by atoms with E-state index in [0.29, 0.717) is 12.8 Å². The number of nitrogens with one attached hydrogen (secondary N) is 1. The number of hydrogen-bond acceptors (Lipinski definition) is 4. The van der Waals surface area contributed by atoms with Crippen LogP contribution in [0.15, 0.2) is 28.7 Å². The Morgan fingerprint density at radius 1 is 1.22 bits per heavy atom. The van der Waals surface area contributed by atoms with Gasteiger partial charge in [-0.1, -0.05) is 15.9 Å². The van der Waals surface area contributed by atoms with Gasteiger partial charge in [-0.15, -0.1) is 0 Å². The molecule has 1 aliphatic rings. The molecule has 0 saturated carbocycles. The summed E-state index contributed by atoms with van der Waals surface area (Å²) in [5.41, 5.74) is 0.0677. The van der Waals surface area contributed by atoms with Crippen LogP contribution in [0.25, 0.3) is 0 Å². The lowest BCUT2D eigenvalue weighted by Gasteiger charge is -2.32. The number of anilines is 1. The van der Waals surface area contributed by atoms with Gasteiger partial charge in [-0.3, -0.25) is 0 Å². The predicted molar refractivity (Wildman–Crippen MR) is 74.0 cm³/mol. The zero-order chi connectivity index (χ0) is 13.2. The Bertz CT molecular complexity index is 561. The third-order valence-corrected chi connectivity index (χ3v) is 5.30.